The van der Waals surface area contributed by atoms with Crippen LogP contribution in [0.5, 0.6) is 0 Å². The number of carboxylic acids is 1. The molecule has 0 spiro atoms. The van der Waals surface area contributed by atoms with E-state index in [1.807, 2.05) is 67.6 Å². The second kappa shape index (κ2) is 15.6. The SMILES string of the molecule is Cc1ccc(/C=C(/NC(=O)c2ccccc2)C(=O)Nc2cccc(SC(C(=O)Nc3cc(C(=O)O)ccc3C)c3ccccc3)c2)cc1. The summed E-state index contributed by atoms with van der Waals surface area (Å²) >= 11 is 1.28. The van der Waals surface area contributed by atoms with Gasteiger partial charge in [0, 0.05) is 21.8 Å². The highest BCUT2D eigenvalue weighted by Gasteiger charge is 2.24. The highest BCUT2D eigenvalue weighted by atomic mass is 32.2. The lowest BCUT2D eigenvalue weighted by Gasteiger charge is -2.19. The zero-order valence-corrected chi connectivity index (χ0v) is 27.1. The van der Waals surface area contributed by atoms with Crippen molar-refractivity contribution in [3.05, 3.63) is 166 Å². The molecule has 48 heavy (non-hydrogen) atoms. The molecule has 0 heterocycles. The van der Waals surface area contributed by atoms with Crippen molar-refractivity contribution in [3.63, 3.8) is 0 Å². The van der Waals surface area contributed by atoms with Crippen LogP contribution in [-0.2, 0) is 9.59 Å². The Kier molecular flexibility index (Phi) is 10.8. The van der Waals surface area contributed by atoms with Gasteiger partial charge in [-0.1, -0.05) is 90.5 Å². The number of hydrogen-bond donors (Lipinski definition) is 4. The van der Waals surface area contributed by atoms with Crippen molar-refractivity contribution >= 4 is 52.9 Å². The number of amides is 3. The molecule has 0 saturated carbocycles. The Morgan fingerprint density at radius 1 is 0.708 bits per heavy atom. The van der Waals surface area contributed by atoms with E-state index in [4.69, 9.17) is 0 Å². The molecule has 0 saturated heterocycles. The third-order valence-electron chi connectivity index (χ3n) is 7.35. The summed E-state index contributed by atoms with van der Waals surface area (Å²) in [7, 11) is 0. The molecule has 4 N–H and O–H groups in total. The Morgan fingerprint density at radius 2 is 1.40 bits per heavy atom. The van der Waals surface area contributed by atoms with E-state index in [1.54, 1.807) is 67.6 Å². The van der Waals surface area contributed by atoms with Crippen molar-refractivity contribution < 1.29 is 24.3 Å². The molecule has 0 bridgehead atoms. The third kappa shape index (κ3) is 8.86. The molecule has 5 aromatic carbocycles. The minimum atomic E-state index is -1.09. The Morgan fingerprint density at radius 3 is 2.08 bits per heavy atom. The van der Waals surface area contributed by atoms with E-state index < -0.39 is 23.0 Å². The predicted octanol–water partition coefficient (Wildman–Crippen LogP) is 7.88. The number of aryl methyl sites for hydroxylation is 2. The summed E-state index contributed by atoms with van der Waals surface area (Å²) in [4.78, 5) is 52.6. The third-order valence-corrected chi connectivity index (χ3v) is 8.59. The van der Waals surface area contributed by atoms with Gasteiger partial charge in [-0.25, -0.2) is 4.79 Å². The summed E-state index contributed by atoms with van der Waals surface area (Å²) in [6, 6.07) is 37.1. The summed E-state index contributed by atoms with van der Waals surface area (Å²) in [6.45, 7) is 3.76. The van der Waals surface area contributed by atoms with Gasteiger partial charge in [0.2, 0.25) is 5.91 Å². The fourth-order valence-electron chi connectivity index (χ4n) is 4.74. The Bertz CT molecular complexity index is 1980. The fraction of sp³-hybridized carbons (Fsp3) is 0.0769. The van der Waals surface area contributed by atoms with E-state index in [1.165, 1.54) is 23.9 Å². The van der Waals surface area contributed by atoms with Gasteiger partial charge in [-0.15, -0.1) is 11.8 Å². The first-order valence-corrected chi connectivity index (χ1v) is 16.0. The predicted molar refractivity (Wildman–Crippen MR) is 190 cm³/mol. The summed E-state index contributed by atoms with van der Waals surface area (Å²) < 4.78 is 0. The van der Waals surface area contributed by atoms with E-state index in [0.717, 1.165) is 22.3 Å². The number of benzene rings is 5. The van der Waals surface area contributed by atoms with E-state index in [2.05, 4.69) is 16.0 Å². The average molecular weight is 656 g/mol. The molecule has 8 nitrogen and oxygen atoms in total. The zero-order valence-electron chi connectivity index (χ0n) is 26.3. The quantitative estimate of drug-likeness (QED) is 0.0848. The second-order valence-corrected chi connectivity index (χ2v) is 12.2. The number of hydrogen-bond acceptors (Lipinski definition) is 5. The standard InChI is InChI=1S/C39H33N3O5S/c1-25-16-19-27(20-17-25)22-34(42-36(43)29-12-7-4-8-13-29)37(44)40-31-14-9-15-32(24-31)48-35(28-10-5-3-6-11-28)38(45)41-33-23-30(39(46)47)21-18-26(33)2/h3-24,35H,1-2H3,(H,40,44)(H,41,45)(H,42,43)(H,46,47)/b34-22+. The number of nitrogens with one attached hydrogen (secondary N) is 3. The van der Waals surface area contributed by atoms with Crippen molar-refractivity contribution in [3.8, 4) is 0 Å². The van der Waals surface area contributed by atoms with E-state index >= 15 is 0 Å². The fourth-order valence-corrected chi connectivity index (χ4v) is 5.83. The number of carbonyl (C=O) groups is 4. The van der Waals surface area contributed by atoms with Crippen LogP contribution >= 0.6 is 11.8 Å². The van der Waals surface area contributed by atoms with Crippen LogP contribution in [0.25, 0.3) is 6.08 Å². The molecule has 0 fully saturated rings. The maximum absolute atomic E-state index is 13.7. The van der Waals surface area contributed by atoms with Crippen LogP contribution in [0.15, 0.2) is 138 Å². The maximum atomic E-state index is 13.7. The zero-order chi connectivity index (χ0) is 34.0. The van der Waals surface area contributed by atoms with E-state index in [-0.39, 0.29) is 17.2 Å². The van der Waals surface area contributed by atoms with Gasteiger partial charge in [-0.05, 0) is 79.1 Å². The first-order chi connectivity index (χ1) is 23.2. The Balaban J connectivity index is 1.38. The molecule has 0 aromatic heterocycles. The van der Waals surface area contributed by atoms with Crippen LogP contribution in [0.2, 0.25) is 0 Å². The van der Waals surface area contributed by atoms with E-state index in [9.17, 15) is 24.3 Å². The lowest BCUT2D eigenvalue weighted by molar-refractivity contribution is -0.116. The van der Waals surface area contributed by atoms with Crippen LogP contribution in [-0.4, -0.2) is 28.8 Å². The molecule has 0 aliphatic carbocycles. The molecule has 5 rings (SSSR count). The smallest absolute Gasteiger partial charge is 0.335 e. The molecule has 3 amide bonds. The lowest BCUT2D eigenvalue weighted by atomic mass is 10.1. The number of thioether (sulfide) groups is 1. The largest absolute Gasteiger partial charge is 0.478 e. The van der Waals surface area contributed by atoms with Crippen LogP contribution < -0.4 is 16.0 Å². The van der Waals surface area contributed by atoms with Gasteiger partial charge in [0.25, 0.3) is 11.8 Å². The molecule has 0 aliphatic heterocycles. The normalized spacial score (nSPS) is 11.7. The minimum absolute atomic E-state index is 0.0614. The van der Waals surface area contributed by atoms with Gasteiger partial charge in [0.15, 0.2) is 0 Å². The van der Waals surface area contributed by atoms with E-state index in [0.29, 0.717) is 21.8 Å². The van der Waals surface area contributed by atoms with Gasteiger partial charge in [0.05, 0.1) is 5.56 Å². The van der Waals surface area contributed by atoms with Crippen molar-refractivity contribution in [2.45, 2.75) is 24.0 Å². The Hall–Kier alpha value is -5.93. The highest BCUT2D eigenvalue weighted by molar-refractivity contribution is 8.00. The number of anilines is 2. The Labute approximate surface area is 282 Å². The molecule has 0 aliphatic rings. The summed E-state index contributed by atoms with van der Waals surface area (Å²) in [5.41, 5.74) is 4.69. The van der Waals surface area contributed by atoms with Gasteiger partial charge in [-0.2, -0.15) is 0 Å². The van der Waals surface area contributed by atoms with Crippen molar-refractivity contribution in [1.82, 2.24) is 5.32 Å². The van der Waals surface area contributed by atoms with Gasteiger partial charge in [0.1, 0.15) is 10.9 Å². The minimum Gasteiger partial charge on any atom is -0.478 e. The van der Waals surface area contributed by atoms with Crippen LogP contribution in [0, 0.1) is 13.8 Å². The number of aromatic carboxylic acids is 1. The van der Waals surface area contributed by atoms with Crippen molar-refractivity contribution in [2.24, 2.45) is 0 Å². The van der Waals surface area contributed by atoms with Crippen LogP contribution in [0.3, 0.4) is 0 Å². The second-order valence-electron chi connectivity index (χ2n) is 11.0. The highest BCUT2D eigenvalue weighted by Crippen LogP contribution is 2.37. The van der Waals surface area contributed by atoms with Crippen LogP contribution in [0.4, 0.5) is 11.4 Å². The summed E-state index contributed by atoms with van der Waals surface area (Å²) in [6.07, 6.45) is 1.62. The lowest BCUT2D eigenvalue weighted by Crippen LogP contribution is -2.30. The number of rotatable bonds is 11. The molecule has 9 heteroatoms. The molecule has 5 aromatic rings. The first kappa shape index (κ1) is 33.4. The van der Waals surface area contributed by atoms with Gasteiger partial charge >= 0.3 is 5.97 Å². The van der Waals surface area contributed by atoms with Crippen molar-refractivity contribution in [2.75, 3.05) is 10.6 Å². The average Bonchev–Trinajstić information content (AvgIpc) is 3.09. The molecular weight excluding hydrogens is 623 g/mol. The van der Waals surface area contributed by atoms with Gasteiger partial charge in [-0.3, -0.25) is 14.4 Å². The maximum Gasteiger partial charge on any atom is 0.335 e. The first-order valence-electron chi connectivity index (χ1n) is 15.1. The van der Waals surface area contributed by atoms with Crippen molar-refractivity contribution in [1.29, 1.82) is 0 Å². The number of carboxylic acid groups (broad SMARTS) is 1. The molecule has 240 valence electrons. The molecule has 0 radical (unpaired) electrons. The topological polar surface area (TPSA) is 125 Å². The number of carbonyl (C=O) groups excluding carboxylic acids is 3. The molecule has 1 atom stereocenters. The monoisotopic (exact) mass is 655 g/mol. The summed E-state index contributed by atoms with van der Waals surface area (Å²) in [5.74, 6) is -2.37. The summed E-state index contributed by atoms with van der Waals surface area (Å²) in [5, 5.41) is 17.3. The molecule has 1 unspecified atom stereocenters. The van der Waals surface area contributed by atoms with Gasteiger partial charge < -0.3 is 21.1 Å². The van der Waals surface area contributed by atoms with Crippen LogP contribution in [0.1, 0.15) is 48.2 Å². The molecular formula is C39H33N3O5S.